The lowest BCUT2D eigenvalue weighted by Crippen LogP contribution is -2.51. The quantitative estimate of drug-likeness (QED) is 0.347. The Bertz CT molecular complexity index is 847. The van der Waals surface area contributed by atoms with Gasteiger partial charge in [0.1, 0.15) is 5.75 Å². The van der Waals surface area contributed by atoms with Gasteiger partial charge in [0, 0.05) is 50.1 Å². The van der Waals surface area contributed by atoms with Gasteiger partial charge in [-0.3, -0.25) is 4.99 Å². The molecule has 2 aliphatic rings. The molecule has 7 heteroatoms. The molecular formula is C24H36IN5O. The molecule has 1 saturated heterocycles. The van der Waals surface area contributed by atoms with E-state index >= 15 is 0 Å². The number of hydrogen-bond acceptors (Lipinski definition) is 3. The Morgan fingerprint density at radius 2 is 2.06 bits per heavy atom. The van der Waals surface area contributed by atoms with Crippen LogP contribution in [-0.2, 0) is 5.41 Å². The molecule has 2 unspecified atom stereocenters. The zero-order chi connectivity index (χ0) is 21.0. The van der Waals surface area contributed by atoms with E-state index in [2.05, 4.69) is 62.1 Å². The zero-order valence-electron chi connectivity index (χ0n) is 19.0. The first kappa shape index (κ1) is 23.9. The number of likely N-dealkylation sites (tertiary alicyclic amines) is 1. The molecule has 2 aromatic rings. The van der Waals surface area contributed by atoms with Crippen LogP contribution in [0.1, 0.15) is 50.6 Å². The number of ether oxygens (including phenoxy) is 1. The maximum Gasteiger partial charge on any atom is 0.193 e. The second-order valence-corrected chi connectivity index (χ2v) is 8.88. The summed E-state index contributed by atoms with van der Waals surface area (Å²) in [6.45, 7) is 5.22. The van der Waals surface area contributed by atoms with E-state index in [1.807, 2.05) is 19.6 Å². The van der Waals surface area contributed by atoms with E-state index in [9.17, 15) is 0 Å². The van der Waals surface area contributed by atoms with Gasteiger partial charge < -0.3 is 19.5 Å². The van der Waals surface area contributed by atoms with Crippen molar-refractivity contribution in [1.29, 1.82) is 0 Å². The van der Waals surface area contributed by atoms with Crippen molar-refractivity contribution in [2.75, 3.05) is 33.8 Å². The molecule has 0 amide bonds. The largest absolute Gasteiger partial charge is 0.496 e. The van der Waals surface area contributed by atoms with Gasteiger partial charge in [-0.2, -0.15) is 0 Å². The number of para-hydroxylation sites is 1. The fraction of sp³-hybridized carbons (Fsp3) is 0.583. The molecule has 1 aliphatic carbocycles. The normalized spacial score (nSPS) is 23.3. The molecule has 2 heterocycles. The van der Waals surface area contributed by atoms with Crippen LogP contribution in [0.15, 0.2) is 48.0 Å². The Morgan fingerprint density at radius 1 is 1.29 bits per heavy atom. The first-order valence-electron chi connectivity index (χ1n) is 11.2. The lowest BCUT2D eigenvalue weighted by atomic mass is 9.78. The van der Waals surface area contributed by atoms with Crippen molar-refractivity contribution in [3.05, 3.63) is 48.5 Å². The van der Waals surface area contributed by atoms with Gasteiger partial charge >= 0.3 is 0 Å². The highest BCUT2D eigenvalue weighted by Crippen LogP contribution is 2.44. The third kappa shape index (κ3) is 5.02. The number of halogens is 1. The number of hydrogen-bond donors (Lipinski definition) is 1. The highest BCUT2D eigenvalue weighted by atomic mass is 127. The van der Waals surface area contributed by atoms with Crippen molar-refractivity contribution >= 4 is 29.9 Å². The highest BCUT2D eigenvalue weighted by molar-refractivity contribution is 14.0. The average Bonchev–Trinajstić information content (AvgIpc) is 3.48. The molecule has 31 heavy (non-hydrogen) atoms. The van der Waals surface area contributed by atoms with Crippen LogP contribution < -0.4 is 10.1 Å². The van der Waals surface area contributed by atoms with E-state index in [1.54, 1.807) is 7.11 Å². The number of nitrogens with one attached hydrogen (secondary N) is 1. The molecule has 0 bridgehead atoms. The van der Waals surface area contributed by atoms with Gasteiger partial charge in [0.05, 0.1) is 19.5 Å². The van der Waals surface area contributed by atoms with Gasteiger partial charge in [0.2, 0.25) is 0 Å². The summed E-state index contributed by atoms with van der Waals surface area (Å²) in [6.07, 6.45) is 12.0. The lowest BCUT2D eigenvalue weighted by Gasteiger charge is -2.40. The van der Waals surface area contributed by atoms with Crippen LogP contribution in [0.25, 0.3) is 0 Å². The molecule has 1 aromatic carbocycles. The van der Waals surface area contributed by atoms with Crippen LogP contribution in [-0.4, -0.2) is 54.2 Å². The first-order valence-corrected chi connectivity index (χ1v) is 11.2. The predicted molar refractivity (Wildman–Crippen MR) is 137 cm³/mol. The molecule has 2 fully saturated rings. The van der Waals surface area contributed by atoms with Gasteiger partial charge in [-0.15, -0.1) is 24.0 Å². The standard InChI is InChI=1S/C24H35N5O.HI/c1-19-10-14-28(16-21(19)29-15-13-26-18-29)23(25-2)27-17-24(11-6-7-12-24)20-8-4-5-9-22(20)30-3;/h4-5,8-9,13,15,18-19,21H,6-7,10-12,14,16-17H2,1-3H3,(H,25,27);1H. The molecule has 1 aromatic heterocycles. The minimum absolute atomic E-state index is 0. The Morgan fingerprint density at radius 3 is 2.74 bits per heavy atom. The van der Waals surface area contributed by atoms with Crippen LogP contribution in [0.5, 0.6) is 5.75 Å². The highest BCUT2D eigenvalue weighted by Gasteiger charge is 2.38. The molecule has 170 valence electrons. The van der Waals surface area contributed by atoms with E-state index in [0.717, 1.165) is 37.8 Å². The van der Waals surface area contributed by atoms with Crippen molar-refractivity contribution < 1.29 is 4.74 Å². The Hall–Kier alpha value is -1.77. The Balaban J connectivity index is 0.00000272. The molecule has 1 saturated carbocycles. The predicted octanol–water partition coefficient (Wildman–Crippen LogP) is 4.48. The molecule has 4 rings (SSSR count). The number of methoxy groups -OCH3 is 1. The number of guanidine groups is 1. The van der Waals surface area contributed by atoms with Crippen molar-refractivity contribution in [2.45, 2.75) is 50.5 Å². The lowest BCUT2D eigenvalue weighted by molar-refractivity contribution is 0.188. The molecular weight excluding hydrogens is 501 g/mol. The first-order chi connectivity index (χ1) is 14.7. The number of aromatic nitrogens is 2. The number of imidazole rings is 1. The van der Waals surface area contributed by atoms with Crippen molar-refractivity contribution in [3.63, 3.8) is 0 Å². The number of benzene rings is 1. The summed E-state index contributed by atoms with van der Waals surface area (Å²) in [4.78, 5) is 11.3. The van der Waals surface area contributed by atoms with Gasteiger partial charge in [-0.05, 0) is 31.2 Å². The number of piperidine rings is 1. The third-order valence-corrected chi connectivity index (χ3v) is 7.16. The van der Waals surface area contributed by atoms with Crippen LogP contribution in [0.4, 0.5) is 0 Å². The molecule has 0 spiro atoms. The number of rotatable bonds is 5. The zero-order valence-corrected chi connectivity index (χ0v) is 21.3. The van der Waals surface area contributed by atoms with Crippen LogP contribution in [0.3, 0.4) is 0 Å². The fourth-order valence-corrected chi connectivity index (χ4v) is 5.35. The van der Waals surface area contributed by atoms with Crippen LogP contribution in [0, 0.1) is 5.92 Å². The van der Waals surface area contributed by atoms with Crippen molar-refractivity contribution in [1.82, 2.24) is 19.8 Å². The summed E-state index contributed by atoms with van der Waals surface area (Å²) in [5.41, 5.74) is 1.44. The van der Waals surface area contributed by atoms with Crippen LogP contribution in [0.2, 0.25) is 0 Å². The minimum atomic E-state index is 0. The van der Waals surface area contributed by atoms with Gasteiger partial charge in [0.25, 0.3) is 0 Å². The number of nitrogens with zero attached hydrogens (tertiary/aromatic N) is 4. The van der Waals surface area contributed by atoms with E-state index in [1.165, 1.54) is 31.2 Å². The minimum Gasteiger partial charge on any atom is -0.496 e. The number of aliphatic imine (C=N–C) groups is 1. The van der Waals surface area contributed by atoms with E-state index in [-0.39, 0.29) is 29.4 Å². The summed E-state index contributed by atoms with van der Waals surface area (Å²) in [7, 11) is 3.68. The van der Waals surface area contributed by atoms with E-state index in [0.29, 0.717) is 12.0 Å². The monoisotopic (exact) mass is 537 g/mol. The smallest absolute Gasteiger partial charge is 0.193 e. The Kier molecular flexibility index (Phi) is 8.24. The van der Waals surface area contributed by atoms with Gasteiger partial charge in [-0.1, -0.05) is 38.0 Å². The molecule has 1 aliphatic heterocycles. The van der Waals surface area contributed by atoms with Crippen molar-refractivity contribution in [2.24, 2.45) is 10.9 Å². The average molecular weight is 537 g/mol. The van der Waals surface area contributed by atoms with Gasteiger partial charge in [-0.25, -0.2) is 4.98 Å². The van der Waals surface area contributed by atoms with Gasteiger partial charge in [0.15, 0.2) is 5.96 Å². The van der Waals surface area contributed by atoms with Crippen LogP contribution >= 0.6 is 24.0 Å². The van der Waals surface area contributed by atoms with E-state index in [4.69, 9.17) is 4.74 Å². The second-order valence-electron chi connectivity index (χ2n) is 8.88. The second kappa shape index (κ2) is 10.7. The SMILES string of the molecule is CN=C(NCC1(c2ccccc2OC)CCCC1)N1CCC(C)C(n2ccnc2)C1.I. The molecule has 2 atom stereocenters. The summed E-state index contributed by atoms with van der Waals surface area (Å²) in [6, 6.07) is 8.95. The topological polar surface area (TPSA) is 54.7 Å². The molecule has 0 radical (unpaired) electrons. The summed E-state index contributed by atoms with van der Waals surface area (Å²) in [5, 5.41) is 3.75. The molecule has 6 nitrogen and oxygen atoms in total. The summed E-state index contributed by atoms with van der Waals surface area (Å²) < 4.78 is 7.97. The van der Waals surface area contributed by atoms with E-state index < -0.39 is 0 Å². The third-order valence-electron chi connectivity index (χ3n) is 7.16. The summed E-state index contributed by atoms with van der Waals surface area (Å²) in [5.74, 6) is 2.64. The molecule has 1 N–H and O–H groups in total. The maximum atomic E-state index is 5.72. The maximum absolute atomic E-state index is 5.72. The Labute approximate surface area is 203 Å². The fourth-order valence-electron chi connectivity index (χ4n) is 5.35. The van der Waals surface area contributed by atoms with Crippen molar-refractivity contribution in [3.8, 4) is 5.75 Å². The summed E-state index contributed by atoms with van der Waals surface area (Å²) >= 11 is 0.